The van der Waals surface area contributed by atoms with Crippen molar-refractivity contribution in [3.8, 4) is 0 Å². The maximum Gasteiger partial charge on any atom is 0.220 e. The molecule has 0 unspecified atom stereocenters. The highest BCUT2D eigenvalue weighted by Gasteiger charge is 2.37. The lowest BCUT2D eigenvalue weighted by molar-refractivity contribution is -0.123. The third-order valence-corrected chi connectivity index (χ3v) is 4.53. The van der Waals surface area contributed by atoms with Gasteiger partial charge in [0.25, 0.3) is 0 Å². The van der Waals surface area contributed by atoms with E-state index in [0.29, 0.717) is 25.6 Å². The molecule has 1 saturated carbocycles. The van der Waals surface area contributed by atoms with Crippen LogP contribution in [-0.2, 0) is 9.53 Å². The number of amides is 1. The van der Waals surface area contributed by atoms with Crippen LogP contribution < -0.4 is 10.6 Å². The molecule has 128 valence electrons. The van der Waals surface area contributed by atoms with E-state index >= 15 is 0 Å². The van der Waals surface area contributed by atoms with Crippen molar-refractivity contribution in [3.05, 3.63) is 0 Å². The highest BCUT2D eigenvalue weighted by atomic mass is 16.5. The van der Waals surface area contributed by atoms with E-state index in [1.54, 1.807) is 0 Å². The average molecular weight is 312 g/mol. The summed E-state index contributed by atoms with van der Waals surface area (Å²) in [5, 5.41) is 16.8. The van der Waals surface area contributed by atoms with Crippen molar-refractivity contribution in [2.45, 2.75) is 83.6 Å². The minimum Gasteiger partial charge on any atom is -0.389 e. The number of rotatable bonds is 5. The number of ether oxygens (including phenoxy) is 1. The SMILES string of the molecule is CC(C)(C)CC(=O)NC[C@H]1OC[C@@H](NC2CCCCC2)[C@@H]1O. The number of carbonyl (C=O) groups is 1. The van der Waals surface area contributed by atoms with Crippen LogP contribution in [0.1, 0.15) is 59.3 Å². The van der Waals surface area contributed by atoms with Crippen molar-refractivity contribution in [2.24, 2.45) is 5.41 Å². The van der Waals surface area contributed by atoms with Crippen LogP contribution in [0.25, 0.3) is 0 Å². The molecule has 1 amide bonds. The van der Waals surface area contributed by atoms with Gasteiger partial charge in [-0.2, -0.15) is 0 Å². The Morgan fingerprint density at radius 1 is 1.23 bits per heavy atom. The molecule has 2 aliphatic rings. The zero-order valence-electron chi connectivity index (χ0n) is 14.2. The van der Waals surface area contributed by atoms with E-state index in [1.807, 2.05) is 20.8 Å². The first-order valence-corrected chi connectivity index (χ1v) is 8.67. The van der Waals surface area contributed by atoms with Crippen LogP contribution in [0.4, 0.5) is 0 Å². The Morgan fingerprint density at radius 2 is 1.91 bits per heavy atom. The molecular formula is C17H32N2O3. The summed E-state index contributed by atoms with van der Waals surface area (Å²) in [6.07, 6.45) is 5.89. The van der Waals surface area contributed by atoms with Crippen molar-refractivity contribution in [1.82, 2.24) is 10.6 Å². The Labute approximate surface area is 134 Å². The molecule has 0 aromatic heterocycles. The molecule has 2 rings (SSSR count). The molecule has 1 aliphatic heterocycles. The monoisotopic (exact) mass is 312 g/mol. The van der Waals surface area contributed by atoms with E-state index in [4.69, 9.17) is 4.74 Å². The number of aliphatic hydroxyl groups is 1. The van der Waals surface area contributed by atoms with Crippen LogP contribution in [0.5, 0.6) is 0 Å². The fourth-order valence-electron chi connectivity index (χ4n) is 3.34. The van der Waals surface area contributed by atoms with Crippen molar-refractivity contribution in [2.75, 3.05) is 13.2 Å². The minimum atomic E-state index is -0.545. The molecular weight excluding hydrogens is 280 g/mol. The van der Waals surface area contributed by atoms with Gasteiger partial charge in [0.2, 0.25) is 5.91 Å². The summed E-state index contributed by atoms with van der Waals surface area (Å²) < 4.78 is 5.67. The minimum absolute atomic E-state index is 0.00684. The van der Waals surface area contributed by atoms with Gasteiger partial charge in [-0.25, -0.2) is 0 Å². The van der Waals surface area contributed by atoms with Gasteiger partial charge in [-0.1, -0.05) is 40.0 Å². The molecule has 0 radical (unpaired) electrons. The summed E-state index contributed by atoms with van der Waals surface area (Å²) >= 11 is 0. The number of carbonyl (C=O) groups excluding carboxylic acids is 1. The number of aliphatic hydroxyl groups excluding tert-OH is 1. The van der Waals surface area contributed by atoms with Crippen LogP contribution >= 0.6 is 0 Å². The molecule has 0 aromatic carbocycles. The van der Waals surface area contributed by atoms with E-state index in [2.05, 4.69) is 10.6 Å². The second-order valence-corrected chi connectivity index (χ2v) is 8.01. The summed E-state index contributed by atoms with van der Waals surface area (Å²) in [6, 6.07) is 0.499. The van der Waals surface area contributed by atoms with E-state index in [9.17, 15) is 9.90 Å². The molecule has 2 fully saturated rings. The largest absolute Gasteiger partial charge is 0.389 e. The quantitative estimate of drug-likeness (QED) is 0.721. The van der Waals surface area contributed by atoms with Gasteiger partial charge in [0.15, 0.2) is 0 Å². The van der Waals surface area contributed by atoms with Gasteiger partial charge in [-0.05, 0) is 18.3 Å². The molecule has 5 nitrogen and oxygen atoms in total. The van der Waals surface area contributed by atoms with Gasteiger partial charge in [-0.3, -0.25) is 4.79 Å². The van der Waals surface area contributed by atoms with E-state index in [1.165, 1.54) is 32.1 Å². The van der Waals surface area contributed by atoms with Crippen LogP contribution in [0, 0.1) is 5.41 Å². The first-order chi connectivity index (χ1) is 10.3. The maximum atomic E-state index is 11.9. The summed E-state index contributed by atoms with van der Waals surface area (Å²) in [7, 11) is 0. The van der Waals surface area contributed by atoms with E-state index in [0.717, 1.165) is 0 Å². The molecule has 3 atom stereocenters. The van der Waals surface area contributed by atoms with Gasteiger partial charge in [-0.15, -0.1) is 0 Å². The van der Waals surface area contributed by atoms with Crippen molar-refractivity contribution in [1.29, 1.82) is 0 Å². The third kappa shape index (κ3) is 5.52. The fourth-order valence-corrected chi connectivity index (χ4v) is 3.34. The van der Waals surface area contributed by atoms with Crippen LogP contribution in [-0.4, -0.2) is 48.5 Å². The summed E-state index contributed by atoms with van der Waals surface area (Å²) in [6.45, 7) is 7.03. The summed E-state index contributed by atoms with van der Waals surface area (Å²) in [5.74, 6) is 0.0204. The second kappa shape index (κ2) is 7.75. The lowest BCUT2D eigenvalue weighted by Gasteiger charge is -2.27. The zero-order chi connectivity index (χ0) is 16.2. The smallest absolute Gasteiger partial charge is 0.220 e. The van der Waals surface area contributed by atoms with Crippen molar-refractivity contribution >= 4 is 5.91 Å². The topological polar surface area (TPSA) is 70.6 Å². The second-order valence-electron chi connectivity index (χ2n) is 8.01. The van der Waals surface area contributed by atoms with Gasteiger partial charge in [0, 0.05) is 19.0 Å². The maximum absolute atomic E-state index is 11.9. The molecule has 0 spiro atoms. The van der Waals surface area contributed by atoms with Gasteiger partial charge in [0.05, 0.1) is 18.8 Å². The van der Waals surface area contributed by atoms with Gasteiger partial charge < -0.3 is 20.5 Å². The first kappa shape index (κ1) is 17.7. The van der Waals surface area contributed by atoms with Crippen LogP contribution in [0.2, 0.25) is 0 Å². The van der Waals surface area contributed by atoms with E-state index in [-0.39, 0.29) is 23.5 Å². The molecule has 0 aromatic rings. The highest BCUT2D eigenvalue weighted by molar-refractivity contribution is 5.76. The molecule has 1 saturated heterocycles. The fraction of sp³-hybridized carbons (Fsp3) is 0.941. The standard InChI is InChI=1S/C17H32N2O3/c1-17(2,3)9-15(20)18-10-14-16(21)13(11-22-14)19-12-7-5-4-6-8-12/h12-14,16,19,21H,4-11H2,1-3H3,(H,18,20)/t13-,14-,16+/m1/s1. The molecule has 1 aliphatic carbocycles. The number of hydrogen-bond donors (Lipinski definition) is 3. The normalized spacial score (nSPS) is 30.5. The number of nitrogens with one attached hydrogen (secondary N) is 2. The first-order valence-electron chi connectivity index (χ1n) is 8.67. The van der Waals surface area contributed by atoms with Crippen LogP contribution in [0.15, 0.2) is 0 Å². The molecule has 22 heavy (non-hydrogen) atoms. The lowest BCUT2D eigenvalue weighted by Crippen LogP contribution is -2.48. The predicted octanol–water partition coefficient (Wildman–Crippen LogP) is 1.59. The van der Waals surface area contributed by atoms with Gasteiger partial charge >= 0.3 is 0 Å². The Morgan fingerprint density at radius 3 is 2.55 bits per heavy atom. The molecule has 3 N–H and O–H groups in total. The number of hydrogen-bond acceptors (Lipinski definition) is 4. The Kier molecular flexibility index (Phi) is 6.24. The molecule has 5 heteroatoms. The summed E-state index contributed by atoms with van der Waals surface area (Å²) in [4.78, 5) is 11.9. The third-order valence-electron chi connectivity index (χ3n) is 4.53. The Bertz CT molecular complexity index is 361. The highest BCUT2D eigenvalue weighted by Crippen LogP contribution is 2.21. The Balaban J connectivity index is 1.71. The van der Waals surface area contributed by atoms with E-state index < -0.39 is 6.10 Å². The van der Waals surface area contributed by atoms with Crippen molar-refractivity contribution < 1.29 is 14.6 Å². The molecule has 0 bridgehead atoms. The summed E-state index contributed by atoms with van der Waals surface area (Å²) in [5.41, 5.74) is -0.0235. The molecule has 1 heterocycles. The Hall–Kier alpha value is -0.650. The lowest BCUT2D eigenvalue weighted by atomic mass is 9.92. The van der Waals surface area contributed by atoms with Crippen LogP contribution in [0.3, 0.4) is 0 Å². The van der Waals surface area contributed by atoms with Gasteiger partial charge in [0.1, 0.15) is 6.10 Å². The van der Waals surface area contributed by atoms with Crippen molar-refractivity contribution in [3.63, 3.8) is 0 Å². The predicted molar refractivity (Wildman–Crippen MR) is 86.6 cm³/mol. The average Bonchev–Trinajstić information content (AvgIpc) is 2.77. The zero-order valence-corrected chi connectivity index (χ0v) is 14.2.